The van der Waals surface area contributed by atoms with E-state index in [1.165, 1.54) is 0 Å². The first-order chi connectivity index (χ1) is 11.6. The fraction of sp³-hybridized carbons (Fsp3) is 1.00. The molecule has 4 bridgehead atoms. The van der Waals surface area contributed by atoms with E-state index in [1.54, 1.807) is 0 Å². The summed E-state index contributed by atoms with van der Waals surface area (Å²) in [6, 6.07) is 0. The van der Waals surface area contributed by atoms with Gasteiger partial charge in [0.05, 0.1) is 0 Å². The minimum absolute atomic E-state index is 0.0386. The fourth-order valence-corrected chi connectivity index (χ4v) is 7.18. The van der Waals surface area contributed by atoms with Gasteiger partial charge in [0.1, 0.15) is 12.7 Å². The Balaban J connectivity index is 1.99. The summed E-state index contributed by atoms with van der Waals surface area (Å²) in [5.41, 5.74) is 5.72. The van der Waals surface area contributed by atoms with E-state index >= 15 is 0 Å². The number of nitrogens with two attached hydrogens (primary N) is 1. The number of rotatable bonds is 8. The van der Waals surface area contributed by atoms with E-state index < -0.39 is 28.3 Å². The zero-order valence-corrected chi connectivity index (χ0v) is 14.9. The summed E-state index contributed by atoms with van der Waals surface area (Å²) in [4.78, 5) is 31.2. The molecule has 0 heterocycles. The zero-order valence-electron chi connectivity index (χ0n) is 14.9. The molecule has 4 aliphatic carbocycles. The van der Waals surface area contributed by atoms with Crippen molar-refractivity contribution in [3.63, 3.8) is 0 Å². The molecule has 2 N–H and O–H groups in total. The van der Waals surface area contributed by atoms with Crippen molar-refractivity contribution in [2.75, 3.05) is 13.2 Å². The first kappa shape index (κ1) is 18.2. The van der Waals surface area contributed by atoms with E-state index in [0.717, 1.165) is 38.5 Å². The van der Waals surface area contributed by atoms with Crippen LogP contribution in [0.25, 0.3) is 0 Å². The lowest BCUT2D eigenvalue weighted by atomic mass is 9.34. The molecule has 9 nitrogen and oxygen atoms in total. The van der Waals surface area contributed by atoms with Gasteiger partial charge in [-0.25, -0.2) is 0 Å². The van der Waals surface area contributed by atoms with Crippen molar-refractivity contribution >= 4 is 0 Å². The molecular weight excluding hydrogens is 330 g/mol. The molecule has 25 heavy (non-hydrogen) atoms. The van der Waals surface area contributed by atoms with Gasteiger partial charge in [-0.1, -0.05) is 20.3 Å². The topological polar surface area (TPSA) is 131 Å². The third-order valence-corrected chi connectivity index (χ3v) is 7.00. The quantitative estimate of drug-likeness (QED) is 0.521. The molecule has 0 aromatic carbocycles. The van der Waals surface area contributed by atoms with Crippen molar-refractivity contribution in [2.45, 2.75) is 64.9 Å². The summed E-state index contributed by atoms with van der Waals surface area (Å²) >= 11 is 0. The van der Waals surface area contributed by atoms with E-state index in [4.69, 9.17) is 10.6 Å². The maximum Gasteiger partial charge on any atom is 0.294 e. The Morgan fingerprint density at radius 2 is 1.68 bits per heavy atom. The average molecular weight is 357 g/mol. The van der Waals surface area contributed by atoms with E-state index in [2.05, 4.69) is 18.7 Å². The highest BCUT2D eigenvalue weighted by Gasteiger charge is 2.68. The molecule has 9 heteroatoms. The maximum absolute atomic E-state index is 11.1. The van der Waals surface area contributed by atoms with Crippen LogP contribution in [0.4, 0.5) is 0 Å². The predicted molar refractivity (Wildman–Crippen MR) is 87.3 cm³/mol. The van der Waals surface area contributed by atoms with Crippen molar-refractivity contribution in [1.29, 1.82) is 0 Å². The average Bonchev–Trinajstić information content (AvgIpc) is 2.48. The van der Waals surface area contributed by atoms with E-state index in [0.29, 0.717) is 13.0 Å². The molecule has 0 aromatic heterocycles. The molecule has 4 aliphatic rings. The van der Waals surface area contributed by atoms with Crippen LogP contribution in [0, 0.1) is 41.9 Å². The highest BCUT2D eigenvalue weighted by atomic mass is 17.0. The van der Waals surface area contributed by atoms with Gasteiger partial charge in [0.15, 0.2) is 0 Å². The van der Waals surface area contributed by atoms with Crippen LogP contribution in [0.1, 0.15) is 58.8 Å². The molecule has 142 valence electrons. The van der Waals surface area contributed by atoms with Crippen LogP contribution in [-0.2, 0) is 9.68 Å². The molecule has 5 atom stereocenters. The van der Waals surface area contributed by atoms with Crippen molar-refractivity contribution < 1.29 is 19.8 Å². The lowest BCUT2D eigenvalue weighted by Crippen LogP contribution is -2.65. The molecule has 0 aromatic rings. The van der Waals surface area contributed by atoms with Crippen LogP contribution in [0.15, 0.2) is 0 Å². The van der Waals surface area contributed by atoms with Crippen LogP contribution in [0.3, 0.4) is 0 Å². The molecule has 0 radical (unpaired) electrons. The SMILES string of the molecule is CCC12CC3(C)CC(CN)(C1)CC(C(CO[N+](=O)[O-])O[N+](=O)[O-])(C3)C2. The molecular formula is C16H27N3O6. The van der Waals surface area contributed by atoms with E-state index in [9.17, 15) is 20.2 Å². The normalized spacial score (nSPS) is 42.8. The fourth-order valence-electron chi connectivity index (χ4n) is 7.18. The van der Waals surface area contributed by atoms with Gasteiger partial charge in [-0.3, -0.25) is 0 Å². The molecule has 0 amide bonds. The molecule has 4 fully saturated rings. The third kappa shape index (κ3) is 3.02. The zero-order chi connectivity index (χ0) is 18.5. The van der Waals surface area contributed by atoms with Crippen LogP contribution < -0.4 is 5.73 Å². The van der Waals surface area contributed by atoms with Gasteiger partial charge in [-0.05, 0) is 61.3 Å². The minimum Gasteiger partial charge on any atom is -0.330 e. The Morgan fingerprint density at radius 1 is 1.04 bits per heavy atom. The summed E-state index contributed by atoms with van der Waals surface area (Å²) < 4.78 is 0. The summed E-state index contributed by atoms with van der Waals surface area (Å²) in [5, 5.41) is 20.0. The van der Waals surface area contributed by atoms with E-state index in [-0.39, 0.29) is 16.2 Å². The summed E-state index contributed by atoms with van der Waals surface area (Å²) in [5.74, 6) is 0. The molecule has 0 saturated heterocycles. The summed E-state index contributed by atoms with van der Waals surface area (Å²) in [6.07, 6.45) is 5.44. The van der Waals surface area contributed by atoms with Gasteiger partial charge in [-0.15, -0.1) is 20.2 Å². The second-order valence-corrected chi connectivity index (χ2v) is 9.13. The highest BCUT2D eigenvalue weighted by molar-refractivity contribution is 5.17. The van der Waals surface area contributed by atoms with Crippen molar-refractivity contribution in [1.82, 2.24) is 0 Å². The van der Waals surface area contributed by atoms with Crippen molar-refractivity contribution in [2.24, 2.45) is 27.4 Å². The minimum atomic E-state index is -0.940. The maximum atomic E-state index is 11.1. The standard InChI is InChI=1S/C16H27N3O6/c1-3-14-5-13(2)6-15(8-14,11-17)10-16(7-13,9-14)12(25-19(22)23)4-24-18(20)21/h12H,3-11,17H2,1-2H3. The third-order valence-electron chi connectivity index (χ3n) is 7.00. The molecule has 4 saturated carbocycles. The first-order valence-electron chi connectivity index (χ1n) is 8.88. The number of nitrogens with zero attached hydrogens (tertiary/aromatic N) is 2. The Hall–Kier alpha value is -1.64. The highest BCUT2D eigenvalue weighted by Crippen LogP contribution is 2.75. The van der Waals surface area contributed by atoms with Crippen LogP contribution in [0.5, 0.6) is 0 Å². The molecule has 4 rings (SSSR count). The Kier molecular flexibility index (Phi) is 4.13. The van der Waals surface area contributed by atoms with Crippen LogP contribution >= 0.6 is 0 Å². The number of hydrogen-bond acceptors (Lipinski definition) is 7. The predicted octanol–water partition coefficient (Wildman–Crippen LogP) is 2.49. The smallest absolute Gasteiger partial charge is 0.294 e. The van der Waals surface area contributed by atoms with Gasteiger partial charge >= 0.3 is 0 Å². The Morgan fingerprint density at radius 3 is 2.24 bits per heavy atom. The second-order valence-electron chi connectivity index (χ2n) is 9.13. The van der Waals surface area contributed by atoms with Gasteiger partial charge in [-0.2, -0.15) is 0 Å². The lowest BCUT2D eigenvalue weighted by Gasteiger charge is -2.71. The molecule has 0 aliphatic heterocycles. The second kappa shape index (κ2) is 5.69. The van der Waals surface area contributed by atoms with Crippen molar-refractivity contribution in [3.05, 3.63) is 20.2 Å². The van der Waals surface area contributed by atoms with Gasteiger partial charge in [0.25, 0.3) is 10.2 Å². The number of hydrogen-bond donors (Lipinski definition) is 1. The van der Waals surface area contributed by atoms with Gasteiger partial charge in [0.2, 0.25) is 0 Å². The first-order valence-corrected chi connectivity index (χ1v) is 8.88. The summed E-state index contributed by atoms with van der Waals surface area (Å²) in [6.45, 7) is 4.51. The summed E-state index contributed by atoms with van der Waals surface area (Å²) in [7, 11) is 0. The van der Waals surface area contributed by atoms with Gasteiger partial charge in [0, 0.05) is 5.41 Å². The lowest BCUT2D eigenvalue weighted by molar-refractivity contribution is -0.794. The van der Waals surface area contributed by atoms with Gasteiger partial charge < -0.3 is 15.4 Å². The van der Waals surface area contributed by atoms with Crippen LogP contribution in [0.2, 0.25) is 0 Å². The molecule has 0 spiro atoms. The Labute approximate surface area is 146 Å². The monoisotopic (exact) mass is 357 g/mol. The largest absolute Gasteiger partial charge is 0.330 e. The van der Waals surface area contributed by atoms with Crippen molar-refractivity contribution in [3.8, 4) is 0 Å². The van der Waals surface area contributed by atoms with E-state index in [1.807, 2.05) is 0 Å². The molecule has 5 unspecified atom stereocenters. The Bertz CT molecular complexity index is 562. The van der Waals surface area contributed by atoms with Crippen LogP contribution in [-0.4, -0.2) is 29.4 Å².